The van der Waals surface area contributed by atoms with E-state index in [2.05, 4.69) is 10.2 Å². The number of hydrogen-bond donors (Lipinski definition) is 0. The standard InChI is InChI=1S/C12H14N4O/c1-3-15(2)12(17)11-9-13-16(14-11)10-7-5-4-6-8-10/h4-9H,3H2,1-2H3. The molecule has 88 valence electrons. The van der Waals surface area contributed by atoms with Gasteiger partial charge in [0.15, 0.2) is 5.69 Å². The molecule has 0 aliphatic heterocycles. The lowest BCUT2D eigenvalue weighted by Crippen LogP contribution is -2.26. The number of carbonyl (C=O) groups is 1. The first-order valence-corrected chi connectivity index (χ1v) is 5.45. The number of benzene rings is 1. The summed E-state index contributed by atoms with van der Waals surface area (Å²) in [5.41, 5.74) is 1.20. The van der Waals surface area contributed by atoms with Crippen molar-refractivity contribution in [3.05, 3.63) is 42.2 Å². The number of aromatic nitrogens is 3. The molecule has 0 N–H and O–H groups in total. The van der Waals surface area contributed by atoms with Gasteiger partial charge in [0.2, 0.25) is 0 Å². The van der Waals surface area contributed by atoms with Crippen LogP contribution in [0.4, 0.5) is 0 Å². The molecule has 0 atom stereocenters. The highest BCUT2D eigenvalue weighted by Gasteiger charge is 2.14. The van der Waals surface area contributed by atoms with E-state index in [0.717, 1.165) is 5.69 Å². The van der Waals surface area contributed by atoms with Gasteiger partial charge in [0.1, 0.15) is 0 Å². The third-order valence-electron chi connectivity index (χ3n) is 2.52. The Morgan fingerprint density at radius 3 is 2.71 bits per heavy atom. The maximum absolute atomic E-state index is 11.8. The SMILES string of the molecule is CCN(C)C(=O)c1cnn(-c2ccccc2)n1. The average molecular weight is 230 g/mol. The molecule has 1 aromatic heterocycles. The Morgan fingerprint density at radius 1 is 1.35 bits per heavy atom. The lowest BCUT2D eigenvalue weighted by Gasteiger charge is -2.11. The Hall–Kier alpha value is -2.17. The van der Waals surface area contributed by atoms with Gasteiger partial charge in [-0.25, -0.2) is 0 Å². The van der Waals surface area contributed by atoms with E-state index in [0.29, 0.717) is 12.2 Å². The van der Waals surface area contributed by atoms with Crippen molar-refractivity contribution in [3.8, 4) is 5.69 Å². The van der Waals surface area contributed by atoms with Crippen LogP contribution in [-0.2, 0) is 0 Å². The molecule has 2 aromatic rings. The third kappa shape index (κ3) is 2.33. The van der Waals surface area contributed by atoms with Crippen LogP contribution in [0.25, 0.3) is 5.69 Å². The highest BCUT2D eigenvalue weighted by molar-refractivity contribution is 5.91. The molecular formula is C12H14N4O. The minimum atomic E-state index is -0.116. The zero-order chi connectivity index (χ0) is 12.3. The summed E-state index contributed by atoms with van der Waals surface area (Å²) in [5, 5.41) is 8.25. The molecule has 17 heavy (non-hydrogen) atoms. The molecule has 0 bridgehead atoms. The van der Waals surface area contributed by atoms with E-state index in [1.165, 1.54) is 11.0 Å². The molecule has 0 saturated heterocycles. The van der Waals surface area contributed by atoms with Crippen LogP contribution in [0.15, 0.2) is 36.5 Å². The van der Waals surface area contributed by atoms with Gasteiger partial charge < -0.3 is 4.90 Å². The van der Waals surface area contributed by atoms with Crippen LogP contribution in [0, 0.1) is 0 Å². The van der Waals surface area contributed by atoms with Crippen molar-refractivity contribution >= 4 is 5.91 Å². The van der Waals surface area contributed by atoms with Gasteiger partial charge in [0, 0.05) is 13.6 Å². The molecule has 1 amide bonds. The number of carbonyl (C=O) groups excluding carboxylic acids is 1. The van der Waals surface area contributed by atoms with Crippen molar-refractivity contribution in [3.63, 3.8) is 0 Å². The summed E-state index contributed by atoms with van der Waals surface area (Å²) in [4.78, 5) is 14.9. The van der Waals surface area contributed by atoms with Crippen molar-refractivity contribution in [1.29, 1.82) is 0 Å². The first kappa shape index (κ1) is 11.3. The Labute approximate surface area is 99.7 Å². The van der Waals surface area contributed by atoms with Gasteiger partial charge in [0.05, 0.1) is 11.9 Å². The fourth-order valence-electron chi connectivity index (χ4n) is 1.39. The summed E-state index contributed by atoms with van der Waals surface area (Å²) in [5.74, 6) is -0.116. The number of rotatable bonds is 3. The summed E-state index contributed by atoms with van der Waals surface area (Å²) in [6.07, 6.45) is 1.49. The molecule has 1 heterocycles. The molecule has 0 spiro atoms. The molecule has 0 unspecified atom stereocenters. The van der Waals surface area contributed by atoms with Gasteiger partial charge in [-0.1, -0.05) is 18.2 Å². The fourth-order valence-corrected chi connectivity index (χ4v) is 1.39. The summed E-state index contributed by atoms with van der Waals surface area (Å²) in [6.45, 7) is 2.57. The maximum atomic E-state index is 11.8. The zero-order valence-electron chi connectivity index (χ0n) is 9.87. The zero-order valence-corrected chi connectivity index (χ0v) is 9.87. The van der Waals surface area contributed by atoms with Crippen molar-refractivity contribution in [2.24, 2.45) is 0 Å². The summed E-state index contributed by atoms with van der Waals surface area (Å²) in [7, 11) is 1.74. The number of hydrogen-bond acceptors (Lipinski definition) is 3. The number of para-hydroxylation sites is 1. The van der Waals surface area contributed by atoms with E-state index in [4.69, 9.17) is 0 Å². The molecule has 0 aliphatic rings. The Balaban J connectivity index is 2.25. The molecule has 2 rings (SSSR count). The molecule has 1 aromatic carbocycles. The van der Waals surface area contributed by atoms with Crippen LogP contribution in [-0.4, -0.2) is 39.4 Å². The number of nitrogens with zero attached hydrogens (tertiary/aromatic N) is 4. The highest BCUT2D eigenvalue weighted by Crippen LogP contribution is 2.05. The summed E-state index contributed by atoms with van der Waals surface area (Å²) < 4.78 is 0. The first-order valence-electron chi connectivity index (χ1n) is 5.45. The maximum Gasteiger partial charge on any atom is 0.275 e. The fraction of sp³-hybridized carbons (Fsp3) is 0.250. The lowest BCUT2D eigenvalue weighted by molar-refractivity contribution is 0.0796. The smallest absolute Gasteiger partial charge is 0.275 e. The largest absolute Gasteiger partial charge is 0.341 e. The van der Waals surface area contributed by atoms with Gasteiger partial charge in [0.25, 0.3) is 5.91 Å². The molecule has 5 heteroatoms. The van der Waals surface area contributed by atoms with Crippen molar-refractivity contribution in [2.75, 3.05) is 13.6 Å². The van der Waals surface area contributed by atoms with Crippen LogP contribution in [0.2, 0.25) is 0 Å². The van der Waals surface area contributed by atoms with Gasteiger partial charge in [-0.3, -0.25) is 4.79 Å². The van der Waals surface area contributed by atoms with Crippen molar-refractivity contribution < 1.29 is 4.79 Å². The van der Waals surface area contributed by atoms with Crippen molar-refractivity contribution in [1.82, 2.24) is 19.9 Å². The predicted octanol–water partition coefficient (Wildman–Crippen LogP) is 1.36. The second kappa shape index (κ2) is 4.78. The average Bonchev–Trinajstić information content (AvgIpc) is 2.87. The second-order valence-electron chi connectivity index (χ2n) is 3.67. The van der Waals surface area contributed by atoms with Crippen LogP contribution >= 0.6 is 0 Å². The van der Waals surface area contributed by atoms with Gasteiger partial charge in [-0.05, 0) is 19.1 Å². The molecule has 0 saturated carbocycles. The van der Waals surface area contributed by atoms with Gasteiger partial charge >= 0.3 is 0 Å². The predicted molar refractivity (Wildman–Crippen MR) is 64.0 cm³/mol. The topological polar surface area (TPSA) is 51.0 Å². The lowest BCUT2D eigenvalue weighted by atomic mass is 10.3. The first-order chi connectivity index (χ1) is 8.22. The molecule has 0 fully saturated rings. The minimum absolute atomic E-state index is 0.116. The normalized spacial score (nSPS) is 10.2. The van der Waals surface area contributed by atoms with Crippen LogP contribution in [0.5, 0.6) is 0 Å². The third-order valence-corrected chi connectivity index (χ3v) is 2.52. The Bertz CT molecular complexity index is 506. The van der Waals surface area contributed by atoms with E-state index < -0.39 is 0 Å². The Morgan fingerprint density at radius 2 is 2.06 bits per heavy atom. The van der Waals surface area contributed by atoms with E-state index in [9.17, 15) is 4.79 Å². The second-order valence-corrected chi connectivity index (χ2v) is 3.67. The Kier molecular flexibility index (Phi) is 3.18. The monoisotopic (exact) mass is 230 g/mol. The molecule has 0 radical (unpaired) electrons. The van der Waals surface area contributed by atoms with Crippen molar-refractivity contribution in [2.45, 2.75) is 6.92 Å². The van der Waals surface area contributed by atoms with Gasteiger partial charge in [-0.2, -0.15) is 9.90 Å². The summed E-state index contributed by atoms with van der Waals surface area (Å²) >= 11 is 0. The van der Waals surface area contributed by atoms with Gasteiger partial charge in [-0.15, -0.1) is 5.10 Å². The van der Waals surface area contributed by atoms with E-state index in [-0.39, 0.29) is 5.91 Å². The quantitative estimate of drug-likeness (QED) is 0.800. The van der Waals surface area contributed by atoms with E-state index in [1.807, 2.05) is 37.3 Å². The molecular weight excluding hydrogens is 216 g/mol. The minimum Gasteiger partial charge on any atom is -0.341 e. The van der Waals surface area contributed by atoms with Crippen LogP contribution in [0.3, 0.4) is 0 Å². The molecule has 0 aliphatic carbocycles. The number of amides is 1. The highest BCUT2D eigenvalue weighted by atomic mass is 16.2. The van der Waals surface area contributed by atoms with Crippen LogP contribution < -0.4 is 0 Å². The van der Waals surface area contributed by atoms with E-state index >= 15 is 0 Å². The molecule has 5 nitrogen and oxygen atoms in total. The van der Waals surface area contributed by atoms with Crippen LogP contribution in [0.1, 0.15) is 17.4 Å². The summed E-state index contributed by atoms with van der Waals surface area (Å²) in [6, 6.07) is 9.50. The van der Waals surface area contributed by atoms with E-state index in [1.54, 1.807) is 11.9 Å².